The number of anilines is 1. The molecule has 4 nitrogen and oxygen atoms in total. The first kappa shape index (κ1) is 17.9. The summed E-state index contributed by atoms with van der Waals surface area (Å²) in [6.45, 7) is 0. The zero-order chi connectivity index (χ0) is 15.3. The smallest absolute Gasteiger partial charge is 0.228 e. The third-order valence-corrected chi connectivity index (χ3v) is 3.44. The number of thiocarbonyl (C=S) groups is 1. The number of hydrogen-bond acceptors (Lipinski definition) is 2. The minimum absolute atomic E-state index is 0.111. The van der Waals surface area contributed by atoms with E-state index in [1.165, 1.54) is 0 Å². The van der Waals surface area contributed by atoms with E-state index >= 15 is 0 Å². The fourth-order valence-electron chi connectivity index (χ4n) is 1.17. The highest BCUT2D eigenvalue weighted by Gasteiger charge is 2.33. The molecule has 0 spiro atoms. The number of carbonyl (C=O) groups is 1. The molecular formula is C10H8Cl5N3OS. The fourth-order valence-corrected chi connectivity index (χ4v) is 2.20. The van der Waals surface area contributed by atoms with E-state index in [1.54, 1.807) is 18.2 Å². The first-order valence-corrected chi connectivity index (χ1v) is 7.33. The fraction of sp³-hybridized carbons (Fsp3) is 0.200. The van der Waals surface area contributed by atoms with Gasteiger partial charge in [-0.1, -0.05) is 58.0 Å². The second kappa shape index (κ2) is 7.73. The summed E-state index contributed by atoms with van der Waals surface area (Å²) in [5, 5.41) is 8.70. The lowest BCUT2D eigenvalue weighted by atomic mass is 10.3. The Morgan fingerprint density at radius 2 is 1.95 bits per heavy atom. The first-order chi connectivity index (χ1) is 9.24. The molecule has 0 aromatic heterocycles. The third kappa shape index (κ3) is 5.68. The SMILES string of the molecule is O=CNC(NC(=S)Nc1ccc(Cl)cc1Cl)C(Cl)(Cl)Cl. The van der Waals surface area contributed by atoms with Crippen molar-refractivity contribution in [2.75, 3.05) is 5.32 Å². The van der Waals surface area contributed by atoms with Gasteiger partial charge in [-0.3, -0.25) is 4.79 Å². The van der Waals surface area contributed by atoms with Gasteiger partial charge in [0.15, 0.2) is 5.11 Å². The molecule has 1 amide bonds. The lowest BCUT2D eigenvalue weighted by Gasteiger charge is -2.26. The second-order valence-corrected chi connectivity index (χ2v) is 7.10. The zero-order valence-electron chi connectivity index (χ0n) is 9.59. The van der Waals surface area contributed by atoms with E-state index in [-0.39, 0.29) is 5.11 Å². The Morgan fingerprint density at radius 3 is 2.45 bits per heavy atom. The van der Waals surface area contributed by atoms with Gasteiger partial charge in [-0.2, -0.15) is 0 Å². The highest BCUT2D eigenvalue weighted by atomic mass is 35.6. The standard InChI is InChI=1S/C10H8Cl5N3OS/c11-5-1-2-7(6(12)3-5)17-9(20)18-8(16-4-19)10(13,14)15/h1-4,8H,(H,16,19)(H2,17,18,20). The Bertz CT molecular complexity index is 508. The molecule has 20 heavy (non-hydrogen) atoms. The van der Waals surface area contributed by atoms with Crippen LogP contribution in [-0.2, 0) is 4.79 Å². The van der Waals surface area contributed by atoms with Crippen LogP contribution in [0.3, 0.4) is 0 Å². The van der Waals surface area contributed by atoms with E-state index < -0.39 is 9.96 Å². The predicted octanol–water partition coefficient (Wildman–Crippen LogP) is 3.72. The van der Waals surface area contributed by atoms with Gasteiger partial charge in [-0.15, -0.1) is 0 Å². The quantitative estimate of drug-likeness (QED) is 0.315. The molecular weight excluding hydrogens is 387 g/mol. The molecule has 0 radical (unpaired) electrons. The summed E-state index contributed by atoms with van der Waals surface area (Å²) in [6.07, 6.45) is -0.617. The van der Waals surface area contributed by atoms with E-state index in [2.05, 4.69) is 16.0 Å². The van der Waals surface area contributed by atoms with Crippen LogP contribution in [0, 0.1) is 0 Å². The van der Waals surface area contributed by atoms with Crippen LogP contribution in [0.25, 0.3) is 0 Å². The van der Waals surface area contributed by atoms with Gasteiger partial charge in [0, 0.05) is 5.02 Å². The summed E-state index contributed by atoms with van der Waals surface area (Å²) in [5.74, 6) is 0. The van der Waals surface area contributed by atoms with Crippen molar-refractivity contribution in [1.29, 1.82) is 0 Å². The molecule has 0 saturated heterocycles. The van der Waals surface area contributed by atoms with Crippen LogP contribution in [0.5, 0.6) is 0 Å². The Balaban J connectivity index is 2.73. The molecule has 0 aliphatic carbocycles. The Hall–Kier alpha value is -0.170. The summed E-state index contributed by atoms with van der Waals surface area (Å²) in [5.41, 5.74) is 0.516. The second-order valence-electron chi connectivity index (χ2n) is 3.48. The van der Waals surface area contributed by atoms with E-state index in [0.717, 1.165) is 0 Å². The number of hydrogen-bond donors (Lipinski definition) is 3. The van der Waals surface area contributed by atoms with E-state index in [1.807, 2.05) is 0 Å². The number of nitrogens with one attached hydrogen (secondary N) is 3. The number of benzene rings is 1. The topological polar surface area (TPSA) is 53.2 Å². The molecule has 1 unspecified atom stereocenters. The molecule has 0 fully saturated rings. The van der Waals surface area contributed by atoms with E-state index in [9.17, 15) is 4.79 Å². The molecule has 1 aromatic carbocycles. The molecule has 0 bridgehead atoms. The highest BCUT2D eigenvalue weighted by Crippen LogP contribution is 2.29. The number of alkyl halides is 3. The number of halogens is 5. The van der Waals surface area contributed by atoms with Crippen LogP contribution in [0.1, 0.15) is 0 Å². The number of amides is 1. The Morgan fingerprint density at radius 1 is 1.30 bits per heavy atom. The van der Waals surface area contributed by atoms with Crippen molar-refractivity contribution in [3.63, 3.8) is 0 Å². The highest BCUT2D eigenvalue weighted by molar-refractivity contribution is 7.80. The summed E-state index contributed by atoms with van der Waals surface area (Å²) in [7, 11) is 0. The van der Waals surface area contributed by atoms with Crippen molar-refractivity contribution < 1.29 is 4.79 Å². The summed E-state index contributed by atoms with van der Waals surface area (Å²) in [4.78, 5) is 10.5. The first-order valence-electron chi connectivity index (χ1n) is 5.03. The maximum Gasteiger partial charge on any atom is 0.228 e. The summed E-state index contributed by atoms with van der Waals surface area (Å²) in [6, 6.07) is 4.81. The molecule has 0 heterocycles. The van der Waals surface area contributed by atoms with Crippen LogP contribution < -0.4 is 16.0 Å². The summed E-state index contributed by atoms with van der Waals surface area (Å²) >= 11 is 33.9. The van der Waals surface area contributed by atoms with Crippen LogP contribution >= 0.6 is 70.2 Å². The third-order valence-electron chi connectivity index (χ3n) is 2.02. The van der Waals surface area contributed by atoms with Gasteiger partial charge < -0.3 is 16.0 Å². The molecule has 1 rings (SSSR count). The van der Waals surface area contributed by atoms with Gasteiger partial charge in [-0.05, 0) is 30.4 Å². The molecule has 0 aliphatic rings. The van der Waals surface area contributed by atoms with Crippen molar-refractivity contribution in [1.82, 2.24) is 10.6 Å². The normalized spacial score (nSPS) is 12.4. The average Bonchev–Trinajstić information content (AvgIpc) is 2.31. The molecule has 1 atom stereocenters. The van der Waals surface area contributed by atoms with Gasteiger partial charge in [0.25, 0.3) is 0 Å². The van der Waals surface area contributed by atoms with Crippen LogP contribution in [0.15, 0.2) is 18.2 Å². The van der Waals surface area contributed by atoms with Gasteiger partial charge in [0.1, 0.15) is 6.17 Å². The molecule has 0 saturated carbocycles. The van der Waals surface area contributed by atoms with Crippen molar-refractivity contribution >= 4 is 87.4 Å². The minimum Gasteiger partial charge on any atom is -0.339 e. The van der Waals surface area contributed by atoms with Crippen molar-refractivity contribution in [3.8, 4) is 0 Å². The van der Waals surface area contributed by atoms with Crippen molar-refractivity contribution in [2.45, 2.75) is 9.96 Å². The lowest BCUT2D eigenvalue weighted by Crippen LogP contribution is -2.53. The lowest BCUT2D eigenvalue weighted by molar-refractivity contribution is -0.110. The molecule has 3 N–H and O–H groups in total. The molecule has 10 heteroatoms. The monoisotopic (exact) mass is 393 g/mol. The van der Waals surface area contributed by atoms with Crippen LogP contribution in [0.4, 0.5) is 5.69 Å². The van der Waals surface area contributed by atoms with Crippen molar-refractivity contribution in [3.05, 3.63) is 28.2 Å². The van der Waals surface area contributed by atoms with Gasteiger partial charge in [0.05, 0.1) is 10.7 Å². The molecule has 110 valence electrons. The number of rotatable bonds is 4. The molecule has 1 aromatic rings. The minimum atomic E-state index is -1.78. The summed E-state index contributed by atoms with van der Waals surface area (Å²) < 4.78 is -1.78. The van der Waals surface area contributed by atoms with Crippen molar-refractivity contribution in [2.24, 2.45) is 0 Å². The predicted molar refractivity (Wildman–Crippen MR) is 89.1 cm³/mol. The molecule has 0 aliphatic heterocycles. The van der Waals surface area contributed by atoms with E-state index in [0.29, 0.717) is 22.1 Å². The zero-order valence-corrected chi connectivity index (χ0v) is 14.2. The van der Waals surface area contributed by atoms with Crippen LogP contribution in [0.2, 0.25) is 10.0 Å². The Kier molecular flexibility index (Phi) is 6.91. The largest absolute Gasteiger partial charge is 0.339 e. The van der Waals surface area contributed by atoms with Crippen LogP contribution in [-0.4, -0.2) is 21.5 Å². The van der Waals surface area contributed by atoms with Gasteiger partial charge in [-0.25, -0.2) is 0 Å². The van der Waals surface area contributed by atoms with Gasteiger partial charge in [0.2, 0.25) is 10.2 Å². The van der Waals surface area contributed by atoms with E-state index in [4.69, 9.17) is 70.2 Å². The van der Waals surface area contributed by atoms with Gasteiger partial charge >= 0.3 is 0 Å². The Labute approximate surface area is 146 Å². The average molecular weight is 396 g/mol. The maximum atomic E-state index is 10.5. The maximum absolute atomic E-state index is 10.5. The number of carbonyl (C=O) groups excluding carboxylic acids is 1.